The lowest BCUT2D eigenvalue weighted by molar-refractivity contribution is 0.466. The van der Waals surface area contributed by atoms with Crippen molar-refractivity contribution in [3.63, 3.8) is 0 Å². The van der Waals surface area contributed by atoms with Crippen LogP contribution in [0.1, 0.15) is 24.8 Å². The normalized spacial score (nSPS) is 17.8. The standard InChI is InChI=1S/C11H13BrFNO/c12-10-7(3-4-11(14)5-6-11)8(13)1-2-9(10)15/h1-2,15H,3-6,14H2. The first kappa shape index (κ1) is 10.9. The van der Waals surface area contributed by atoms with Crippen molar-refractivity contribution in [2.24, 2.45) is 5.73 Å². The molecule has 0 spiro atoms. The minimum Gasteiger partial charge on any atom is -0.507 e. The van der Waals surface area contributed by atoms with Crippen molar-refractivity contribution >= 4 is 15.9 Å². The number of rotatable bonds is 3. The van der Waals surface area contributed by atoms with E-state index in [1.807, 2.05) is 0 Å². The van der Waals surface area contributed by atoms with E-state index < -0.39 is 0 Å². The molecule has 0 saturated heterocycles. The van der Waals surface area contributed by atoms with Crippen LogP contribution in [0.2, 0.25) is 0 Å². The summed E-state index contributed by atoms with van der Waals surface area (Å²) in [5.41, 5.74) is 6.37. The zero-order valence-corrected chi connectivity index (χ0v) is 9.85. The minimum absolute atomic E-state index is 0.0771. The van der Waals surface area contributed by atoms with Crippen LogP contribution < -0.4 is 5.73 Å². The van der Waals surface area contributed by atoms with Crippen LogP contribution in [0.25, 0.3) is 0 Å². The zero-order chi connectivity index (χ0) is 11.1. The molecule has 0 amide bonds. The number of phenols is 1. The van der Waals surface area contributed by atoms with Crippen molar-refractivity contribution in [3.05, 3.63) is 28.0 Å². The lowest BCUT2D eigenvalue weighted by Gasteiger charge is -2.11. The van der Waals surface area contributed by atoms with Gasteiger partial charge >= 0.3 is 0 Å². The Hall–Kier alpha value is -0.610. The Labute approximate surface area is 96.4 Å². The molecule has 1 aliphatic carbocycles. The Bertz CT molecular complexity index is 390. The molecule has 1 aromatic rings. The molecule has 4 heteroatoms. The van der Waals surface area contributed by atoms with Crippen molar-refractivity contribution in [3.8, 4) is 5.75 Å². The Kier molecular flexibility index (Phi) is 2.73. The Balaban J connectivity index is 2.16. The van der Waals surface area contributed by atoms with Gasteiger partial charge in [0.25, 0.3) is 0 Å². The summed E-state index contributed by atoms with van der Waals surface area (Å²) in [6.45, 7) is 0. The van der Waals surface area contributed by atoms with Crippen molar-refractivity contribution in [1.82, 2.24) is 0 Å². The van der Waals surface area contributed by atoms with Gasteiger partial charge in [-0.05, 0) is 53.7 Å². The molecule has 15 heavy (non-hydrogen) atoms. The van der Waals surface area contributed by atoms with Crippen molar-refractivity contribution in [1.29, 1.82) is 0 Å². The molecule has 1 saturated carbocycles. The molecule has 2 nitrogen and oxygen atoms in total. The van der Waals surface area contributed by atoms with Gasteiger partial charge in [-0.25, -0.2) is 4.39 Å². The Morgan fingerprint density at radius 1 is 1.47 bits per heavy atom. The summed E-state index contributed by atoms with van der Waals surface area (Å²) >= 11 is 3.19. The van der Waals surface area contributed by atoms with Gasteiger partial charge in [-0.3, -0.25) is 0 Å². The van der Waals surface area contributed by atoms with E-state index in [1.54, 1.807) is 0 Å². The quantitative estimate of drug-likeness (QED) is 0.890. The molecule has 0 bridgehead atoms. The predicted molar refractivity (Wildman–Crippen MR) is 60.2 cm³/mol. The fourth-order valence-electron chi connectivity index (χ4n) is 1.60. The molecule has 0 aliphatic heterocycles. The number of halogens is 2. The molecular weight excluding hydrogens is 261 g/mol. The summed E-state index contributed by atoms with van der Waals surface area (Å²) in [6.07, 6.45) is 3.37. The number of phenolic OH excluding ortho intramolecular Hbond substituents is 1. The summed E-state index contributed by atoms with van der Waals surface area (Å²) in [4.78, 5) is 0. The molecule has 0 radical (unpaired) electrons. The maximum atomic E-state index is 13.4. The highest BCUT2D eigenvalue weighted by Gasteiger charge is 2.37. The summed E-state index contributed by atoms with van der Waals surface area (Å²) < 4.78 is 13.9. The maximum absolute atomic E-state index is 13.4. The summed E-state index contributed by atoms with van der Waals surface area (Å²) in [6, 6.07) is 2.63. The Morgan fingerprint density at radius 2 is 2.13 bits per heavy atom. The fourth-order valence-corrected chi connectivity index (χ4v) is 2.12. The van der Waals surface area contributed by atoms with E-state index in [1.165, 1.54) is 12.1 Å². The maximum Gasteiger partial charge on any atom is 0.130 e. The first-order valence-corrected chi connectivity index (χ1v) is 5.76. The number of aromatic hydroxyl groups is 1. The van der Waals surface area contributed by atoms with Crippen molar-refractivity contribution in [2.75, 3.05) is 0 Å². The molecule has 0 heterocycles. The van der Waals surface area contributed by atoms with Crippen LogP contribution >= 0.6 is 15.9 Å². The molecule has 1 aromatic carbocycles. The van der Waals surface area contributed by atoms with Crippen LogP contribution in [0.15, 0.2) is 16.6 Å². The Morgan fingerprint density at radius 3 is 2.73 bits per heavy atom. The largest absolute Gasteiger partial charge is 0.507 e. The fraction of sp³-hybridized carbons (Fsp3) is 0.455. The van der Waals surface area contributed by atoms with Crippen LogP contribution in [0, 0.1) is 5.82 Å². The third-order valence-electron chi connectivity index (χ3n) is 2.93. The highest BCUT2D eigenvalue weighted by Crippen LogP contribution is 2.38. The highest BCUT2D eigenvalue weighted by molar-refractivity contribution is 9.10. The zero-order valence-electron chi connectivity index (χ0n) is 8.26. The topological polar surface area (TPSA) is 46.2 Å². The third-order valence-corrected chi connectivity index (χ3v) is 3.82. The summed E-state index contributed by atoms with van der Waals surface area (Å²) in [5.74, 6) is -0.211. The van der Waals surface area contributed by atoms with Crippen LogP contribution in [-0.4, -0.2) is 10.6 Å². The summed E-state index contributed by atoms with van der Waals surface area (Å²) in [5, 5.41) is 9.42. The number of benzene rings is 1. The van der Waals surface area contributed by atoms with Gasteiger partial charge in [-0.15, -0.1) is 0 Å². The molecular formula is C11H13BrFNO. The summed E-state index contributed by atoms with van der Waals surface area (Å²) in [7, 11) is 0. The second kappa shape index (κ2) is 3.76. The molecule has 1 aliphatic rings. The van der Waals surface area contributed by atoms with Gasteiger partial charge < -0.3 is 10.8 Å². The van der Waals surface area contributed by atoms with Crippen LogP contribution in [0.5, 0.6) is 5.75 Å². The molecule has 3 N–H and O–H groups in total. The second-order valence-electron chi connectivity index (χ2n) is 4.22. The predicted octanol–water partition coefficient (Wildman–Crippen LogP) is 2.72. The van der Waals surface area contributed by atoms with E-state index in [0.29, 0.717) is 16.5 Å². The highest BCUT2D eigenvalue weighted by atomic mass is 79.9. The molecule has 0 atom stereocenters. The first-order chi connectivity index (χ1) is 7.02. The van der Waals surface area contributed by atoms with E-state index >= 15 is 0 Å². The average Bonchev–Trinajstić information content (AvgIpc) is 2.91. The molecule has 2 rings (SSSR count). The number of hydrogen-bond acceptors (Lipinski definition) is 2. The minimum atomic E-state index is -0.288. The number of hydrogen-bond donors (Lipinski definition) is 2. The van der Waals surface area contributed by atoms with Gasteiger partial charge in [0.2, 0.25) is 0 Å². The average molecular weight is 274 g/mol. The van der Waals surface area contributed by atoms with E-state index in [4.69, 9.17) is 5.73 Å². The van der Waals surface area contributed by atoms with Crippen LogP contribution in [0.3, 0.4) is 0 Å². The molecule has 82 valence electrons. The number of nitrogens with two attached hydrogens (primary N) is 1. The second-order valence-corrected chi connectivity index (χ2v) is 5.01. The van der Waals surface area contributed by atoms with E-state index in [2.05, 4.69) is 15.9 Å². The lowest BCUT2D eigenvalue weighted by atomic mass is 10.0. The van der Waals surface area contributed by atoms with Gasteiger partial charge in [0, 0.05) is 11.1 Å². The van der Waals surface area contributed by atoms with Crippen LogP contribution in [-0.2, 0) is 6.42 Å². The van der Waals surface area contributed by atoms with Gasteiger partial charge in [0.05, 0.1) is 4.47 Å². The first-order valence-electron chi connectivity index (χ1n) is 4.97. The van der Waals surface area contributed by atoms with Crippen LogP contribution in [0.4, 0.5) is 4.39 Å². The third kappa shape index (κ3) is 2.32. The SMILES string of the molecule is NC1(CCc2c(F)ccc(O)c2Br)CC1. The monoisotopic (exact) mass is 273 g/mol. The van der Waals surface area contributed by atoms with E-state index in [-0.39, 0.29) is 17.1 Å². The lowest BCUT2D eigenvalue weighted by Crippen LogP contribution is -2.22. The smallest absolute Gasteiger partial charge is 0.130 e. The van der Waals surface area contributed by atoms with Gasteiger partial charge in [0.15, 0.2) is 0 Å². The van der Waals surface area contributed by atoms with E-state index in [0.717, 1.165) is 19.3 Å². The van der Waals surface area contributed by atoms with E-state index in [9.17, 15) is 9.50 Å². The van der Waals surface area contributed by atoms with Crippen molar-refractivity contribution < 1.29 is 9.50 Å². The molecule has 0 unspecified atom stereocenters. The van der Waals surface area contributed by atoms with Gasteiger partial charge in [-0.2, -0.15) is 0 Å². The molecule has 1 fully saturated rings. The van der Waals surface area contributed by atoms with Crippen molar-refractivity contribution in [2.45, 2.75) is 31.2 Å². The molecule has 0 aromatic heterocycles. The van der Waals surface area contributed by atoms with Gasteiger partial charge in [0.1, 0.15) is 11.6 Å². The van der Waals surface area contributed by atoms with Gasteiger partial charge in [-0.1, -0.05) is 0 Å².